The summed E-state index contributed by atoms with van der Waals surface area (Å²) in [4.78, 5) is 13.7. The van der Waals surface area contributed by atoms with Gasteiger partial charge in [-0.15, -0.1) is 0 Å². The summed E-state index contributed by atoms with van der Waals surface area (Å²) in [6.07, 6.45) is 8.89. The topological polar surface area (TPSA) is 20.3 Å². The standard InChI is InChI=1S/C16H20ClNO/c17-14-7-8-16(13(10-14)11-19)18-9-3-6-15(18)12-4-1-2-5-12/h7-8,10-12,15H,1-6,9H2. The van der Waals surface area contributed by atoms with E-state index in [0.717, 1.165) is 30.0 Å². The van der Waals surface area contributed by atoms with Gasteiger partial charge in [0, 0.05) is 28.9 Å². The fourth-order valence-electron chi connectivity index (χ4n) is 3.81. The Morgan fingerprint density at radius 3 is 2.68 bits per heavy atom. The summed E-state index contributed by atoms with van der Waals surface area (Å²) in [5.41, 5.74) is 1.81. The molecule has 1 aromatic carbocycles. The molecule has 0 N–H and O–H groups in total. The van der Waals surface area contributed by atoms with E-state index < -0.39 is 0 Å². The maximum absolute atomic E-state index is 11.3. The van der Waals surface area contributed by atoms with Crippen LogP contribution in [0.2, 0.25) is 5.02 Å². The minimum absolute atomic E-state index is 0.627. The predicted molar refractivity (Wildman–Crippen MR) is 79.2 cm³/mol. The zero-order chi connectivity index (χ0) is 13.2. The van der Waals surface area contributed by atoms with E-state index in [1.165, 1.54) is 38.5 Å². The smallest absolute Gasteiger partial charge is 0.152 e. The number of carbonyl (C=O) groups is 1. The first kappa shape index (κ1) is 13.0. The van der Waals surface area contributed by atoms with Crippen LogP contribution in [0.15, 0.2) is 18.2 Å². The SMILES string of the molecule is O=Cc1cc(Cl)ccc1N1CCCC1C1CCCC1. The molecule has 2 nitrogen and oxygen atoms in total. The van der Waals surface area contributed by atoms with Gasteiger partial charge in [0.15, 0.2) is 6.29 Å². The minimum Gasteiger partial charge on any atom is -0.368 e. The molecule has 0 amide bonds. The van der Waals surface area contributed by atoms with Gasteiger partial charge in [-0.05, 0) is 49.8 Å². The maximum atomic E-state index is 11.3. The highest BCUT2D eigenvalue weighted by Gasteiger charge is 2.34. The van der Waals surface area contributed by atoms with Crippen molar-refractivity contribution in [3.63, 3.8) is 0 Å². The molecule has 1 aromatic rings. The molecule has 1 saturated heterocycles. The van der Waals surface area contributed by atoms with Gasteiger partial charge >= 0.3 is 0 Å². The molecule has 0 bridgehead atoms. The normalized spacial score (nSPS) is 24.1. The highest BCUT2D eigenvalue weighted by atomic mass is 35.5. The Kier molecular flexibility index (Phi) is 3.79. The molecule has 102 valence electrons. The first-order chi connectivity index (χ1) is 9.29. The summed E-state index contributed by atoms with van der Waals surface area (Å²) in [5.74, 6) is 0.817. The number of nitrogens with zero attached hydrogens (tertiary/aromatic N) is 1. The third kappa shape index (κ3) is 2.51. The second kappa shape index (κ2) is 5.54. The molecule has 1 atom stereocenters. The van der Waals surface area contributed by atoms with Crippen LogP contribution in [0.5, 0.6) is 0 Å². The second-order valence-electron chi connectivity index (χ2n) is 5.77. The summed E-state index contributed by atoms with van der Waals surface area (Å²) in [7, 11) is 0. The lowest BCUT2D eigenvalue weighted by Crippen LogP contribution is -2.35. The van der Waals surface area contributed by atoms with E-state index in [-0.39, 0.29) is 0 Å². The van der Waals surface area contributed by atoms with Crippen molar-refractivity contribution >= 4 is 23.6 Å². The van der Waals surface area contributed by atoms with Gasteiger partial charge in [0.25, 0.3) is 0 Å². The molecule has 0 spiro atoms. The van der Waals surface area contributed by atoms with Crippen molar-refractivity contribution in [2.45, 2.75) is 44.6 Å². The average Bonchev–Trinajstić information content (AvgIpc) is 3.08. The second-order valence-corrected chi connectivity index (χ2v) is 6.20. The van der Waals surface area contributed by atoms with Crippen molar-refractivity contribution < 1.29 is 4.79 Å². The molecule has 1 aliphatic heterocycles. The average molecular weight is 278 g/mol. The Bertz CT molecular complexity index is 468. The fourth-order valence-corrected chi connectivity index (χ4v) is 3.99. The van der Waals surface area contributed by atoms with Gasteiger partial charge in [0.2, 0.25) is 0 Å². The van der Waals surface area contributed by atoms with Crippen molar-refractivity contribution in [2.75, 3.05) is 11.4 Å². The van der Waals surface area contributed by atoms with E-state index in [1.807, 2.05) is 12.1 Å². The molecule has 1 aliphatic carbocycles. The van der Waals surface area contributed by atoms with Crippen molar-refractivity contribution in [1.29, 1.82) is 0 Å². The van der Waals surface area contributed by atoms with Gasteiger partial charge in [-0.25, -0.2) is 0 Å². The molecule has 0 aromatic heterocycles. The van der Waals surface area contributed by atoms with Gasteiger partial charge in [-0.1, -0.05) is 24.4 Å². The fraction of sp³-hybridized carbons (Fsp3) is 0.562. The first-order valence-corrected chi connectivity index (χ1v) is 7.69. The predicted octanol–water partition coefficient (Wildman–Crippen LogP) is 4.31. The van der Waals surface area contributed by atoms with Crippen LogP contribution in [0.1, 0.15) is 48.9 Å². The molecular formula is C16H20ClNO. The quantitative estimate of drug-likeness (QED) is 0.767. The Morgan fingerprint density at radius 2 is 1.95 bits per heavy atom. The third-order valence-corrected chi connectivity index (χ3v) is 4.90. The lowest BCUT2D eigenvalue weighted by atomic mass is 9.95. The Labute approximate surface area is 119 Å². The van der Waals surface area contributed by atoms with Gasteiger partial charge < -0.3 is 4.90 Å². The number of rotatable bonds is 3. The van der Waals surface area contributed by atoms with E-state index in [1.54, 1.807) is 6.07 Å². The lowest BCUT2D eigenvalue weighted by Gasteiger charge is -2.32. The maximum Gasteiger partial charge on any atom is 0.152 e. The molecule has 3 rings (SSSR count). The van der Waals surface area contributed by atoms with E-state index in [9.17, 15) is 4.79 Å². The summed E-state index contributed by atoms with van der Waals surface area (Å²) >= 11 is 5.99. The molecule has 0 radical (unpaired) electrons. The number of hydrogen-bond acceptors (Lipinski definition) is 2. The van der Waals surface area contributed by atoms with Crippen molar-refractivity contribution in [3.05, 3.63) is 28.8 Å². The number of hydrogen-bond donors (Lipinski definition) is 0. The van der Waals surface area contributed by atoms with E-state index >= 15 is 0 Å². The van der Waals surface area contributed by atoms with Crippen LogP contribution in [0.3, 0.4) is 0 Å². The summed E-state index contributed by atoms with van der Waals surface area (Å²) in [5, 5.41) is 0.641. The largest absolute Gasteiger partial charge is 0.368 e. The van der Waals surface area contributed by atoms with E-state index in [0.29, 0.717) is 11.1 Å². The van der Waals surface area contributed by atoms with E-state index in [2.05, 4.69) is 4.90 Å². The van der Waals surface area contributed by atoms with Gasteiger partial charge in [0.05, 0.1) is 0 Å². The summed E-state index contributed by atoms with van der Waals surface area (Å²) in [6, 6.07) is 6.32. The van der Waals surface area contributed by atoms with Crippen LogP contribution in [0.4, 0.5) is 5.69 Å². The van der Waals surface area contributed by atoms with Crippen LogP contribution in [0.25, 0.3) is 0 Å². The number of benzene rings is 1. The molecule has 3 heteroatoms. The molecular weight excluding hydrogens is 258 g/mol. The van der Waals surface area contributed by atoms with Crippen LogP contribution >= 0.6 is 11.6 Å². The van der Waals surface area contributed by atoms with Gasteiger partial charge in [0.1, 0.15) is 0 Å². The molecule has 2 aliphatic rings. The zero-order valence-electron chi connectivity index (χ0n) is 11.1. The van der Waals surface area contributed by atoms with Crippen LogP contribution < -0.4 is 4.90 Å². The highest BCUT2D eigenvalue weighted by Crippen LogP contribution is 2.38. The molecule has 2 fully saturated rings. The first-order valence-electron chi connectivity index (χ1n) is 7.31. The monoisotopic (exact) mass is 277 g/mol. The number of anilines is 1. The van der Waals surface area contributed by atoms with Crippen LogP contribution in [-0.4, -0.2) is 18.9 Å². The number of carbonyl (C=O) groups excluding carboxylic acids is 1. The van der Waals surface area contributed by atoms with Crippen molar-refractivity contribution in [1.82, 2.24) is 0 Å². The highest BCUT2D eigenvalue weighted by molar-refractivity contribution is 6.31. The Morgan fingerprint density at radius 1 is 1.16 bits per heavy atom. The molecule has 1 heterocycles. The number of halogens is 1. The van der Waals surface area contributed by atoms with Gasteiger partial charge in [-0.3, -0.25) is 4.79 Å². The van der Waals surface area contributed by atoms with Crippen LogP contribution in [-0.2, 0) is 0 Å². The van der Waals surface area contributed by atoms with Crippen molar-refractivity contribution in [2.24, 2.45) is 5.92 Å². The van der Waals surface area contributed by atoms with Gasteiger partial charge in [-0.2, -0.15) is 0 Å². The summed E-state index contributed by atoms with van der Waals surface area (Å²) in [6.45, 7) is 1.07. The molecule has 19 heavy (non-hydrogen) atoms. The Hall–Kier alpha value is -1.02. The molecule has 1 unspecified atom stereocenters. The van der Waals surface area contributed by atoms with Crippen LogP contribution in [0, 0.1) is 5.92 Å². The minimum atomic E-state index is 0.627. The lowest BCUT2D eigenvalue weighted by molar-refractivity contribution is 0.112. The zero-order valence-corrected chi connectivity index (χ0v) is 11.9. The van der Waals surface area contributed by atoms with Crippen molar-refractivity contribution in [3.8, 4) is 0 Å². The Balaban J connectivity index is 1.89. The third-order valence-electron chi connectivity index (χ3n) is 4.67. The number of aldehydes is 1. The van der Waals surface area contributed by atoms with E-state index in [4.69, 9.17) is 11.6 Å². The summed E-state index contributed by atoms with van der Waals surface area (Å²) < 4.78 is 0. The molecule has 1 saturated carbocycles.